The molecule has 0 saturated carbocycles. The minimum Gasteiger partial charge on any atom is -0.493 e. The van der Waals surface area contributed by atoms with E-state index in [4.69, 9.17) is 15.2 Å². The molecule has 2 aromatic rings. The van der Waals surface area contributed by atoms with Crippen molar-refractivity contribution in [1.29, 1.82) is 0 Å². The van der Waals surface area contributed by atoms with E-state index in [1.165, 1.54) is 5.56 Å². The van der Waals surface area contributed by atoms with Gasteiger partial charge < -0.3 is 15.2 Å². The van der Waals surface area contributed by atoms with Gasteiger partial charge in [0.15, 0.2) is 11.5 Å². The second-order valence-corrected chi connectivity index (χ2v) is 5.57. The molecule has 0 amide bonds. The van der Waals surface area contributed by atoms with E-state index in [1.54, 1.807) is 7.11 Å². The van der Waals surface area contributed by atoms with Crippen molar-refractivity contribution >= 4 is 0 Å². The van der Waals surface area contributed by atoms with E-state index in [9.17, 15) is 0 Å². The summed E-state index contributed by atoms with van der Waals surface area (Å²) in [5.41, 5.74) is 10.2. The van der Waals surface area contributed by atoms with Crippen LogP contribution in [0, 0.1) is 0 Å². The molecule has 116 valence electrons. The lowest BCUT2D eigenvalue weighted by Crippen LogP contribution is -2.17. The Morgan fingerprint density at radius 1 is 1.36 bits per heavy atom. The predicted octanol–water partition coefficient (Wildman–Crippen LogP) is 3.18. The third-order valence-corrected chi connectivity index (χ3v) is 4.16. The minimum absolute atomic E-state index is 0.0310. The number of aryl methyl sites for hydroxylation is 2. The van der Waals surface area contributed by atoms with Crippen molar-refractivity contribution in [3.63, 3.8) is 0 Å². The van der Waals surface area contributed by atoms with Gasteiger partial charge >= 0.3 is 0 Å². The number of ether oxygens (including phenoxy) is 2. The summed E-state index contributed by atoms with van der Waals surface area (Å²) in [5, 5.41) is 0. The van der Waals surface area contributed by atoms with Gasteiger partial charge in [0, 0.05) is 24.0 Å². The van der Waals surface area contributed by atoms with Crippen LogP contribution in [0.25, 0.3) is 0 Å². The SMILES string of the molecule is CCc1ccc(C2CCc3cc(CN)cc(OC)c3O2)cn1. The number of methoxy groups -OCH3 is 1. The van der Waals surface area contributed by atoms with Crippen LogP contribution in [-0.4, -0.2) is 12.1 Å². The Labute approximate surface area is 131 Å². The Morgan fingerprint density at radius 3 is 2.86 bits per heavy atom. The van der Waals surface area contributed by atoms with Crippen molar-refractivity contribution in [3.8, 4) is 11.5 Å². The van der Waals surface area contributed by atoms with Crippen LogP contribution < -0.4 is 15.2 Å². The van der Waals surface area contributed by atoms with E-state index in [1.807, 2.05) is 12.3 Å². The van der Waals surface area contributed by atoms with Crippen LogP contribution >= 0.6 is 0 Å². The van der Waals surface area contributed by atoms with Crippen molar-refractivity contribution in [2.75, 3.05) is 7.11 Å². The lowest BCUT2D eigenvalue weighted by Gasteiger charge is -2.28. The largest absolute Gasteiger partial charge is 0.493 e. The van der Waals surface area contributed by atoms with Gasteiger partial charge in [-0.2, -0.15) is 0 Å². The molecule has 1 aliphatic rings. The lowest BCUT2D eigenvalue weighted by atomic mass is 9.96. The highest BCUT2D eigenvalue weighted by Gasteiger charge is 2.25. The number of nitrogens with two attached hydrogens (primary N) is 1. The molecule has 1 atom stereocenters. The Balaban J connectivity index is 1.89. The fourth-order valence-corrected chi connectivity index (χ4v) is 2.87. The third-order valence-electron chi connectivity index (χ3n) is 4.16. The molecular weight excluding hydrogens is 276 g/mol. The smallest absolute Gasteiger partial charge is 0.165 e. The third kappa shape index (κ3) is 2.79. The zero-order valence-corrected chi connectivity index (χ0v) is 13.1. The van der Waals surface area contributed by atoms with Gasteiger partial charge in [0.05, 0.1) is 7.11 Å². The number of hydrogen-bond acceptors (Lipinski definition) is 4. The van der Waals surface area contributed by atoms with E-state index in [0.717, 1.165) is 47.6 Å². The van der Waals surface area contributed by atoms with Crippen molar-refractivity contribution in [1.82, 2.24) is 4.98 Å². The summed E-state index contributed by atoms with van der Waals surface area (Å²) < 4.78 is 11.7. The summed E-state index contributed by atoms with van der Waals surface area (Å²) >= 11 is 0. The first-order chi connectivity index (χ1) is 10.7. The average Bonchev–Trinajstić information content (AvgIpc) is 2.60. The van der Waals surface area contributed by atoms with Crippen molar-refractivity contribution < 1.29 is 9.47 Å². The van der Waals surface area contributed by atoms with Crippen LogP contribution in [0.5, 0.6) is 11.5 Å². The van der Waals surface area contributed by atoms with E-state index in [-0.39, 0.29) is 6.10 Å². The van der Waals surface area contributed by atoms with E-state index >= 15 is 0 Å². The van der Waals surface area contributed by atoms with Gasteiger partial charge in [-0.25, -0.2) is 0 Å². The maximum Gasteiger partial charge on any atom is 0.165 e. The fourth-order valence-electron chi connectivity index (χ4n) is 2.87. The molecule has 2 N–H and O–H groups in total. The number of benzene rings is 1. The predicted molar refractivity (Wildman–Crippen MR) is 86.2 cm³/mol. The summed E-state index contributed by atoms with van der Waals surface area (Å²) in [7, 11) is 1.67. The molecule has 4 nitrogen and oxygen atoms in total. The van der Waals surface area contributed by atoms with Crippen LogP contribution in [0.1, 0.15) is 41.8 Å². The fraction of sp³-hybridized carbons (Fsp3) is 0.389. The maximum absolute atomic E-state index is 6.21. The standard InChI is InChI=1S/C18H22N2O2/c1-3-15-6-4-14(11-20-15)16-7-5-13-8-12(10-19)9-17(21-2)18(13)22-16/h4,6,8-9,11,16H,3,5,7,10,19H2,1-2H3. The van der Waals surface area contributed by atoms with E-state index in [2.05, 4.69) is 30.1 Å². The van der Waals surface area contributed by atoms with E-state index < -0.39 is 0 Å². The zero-order valence-electron chi connectivity index (χ0n) is 13.1. The van der Waals surface area contributed by atoms with Gasteiger partial charge in [-0.05, 0) is 42.5 Å². The number of nitrogens with zero attached hydrogens (tertiary/aromatic N) is 1. The molecule has 0 aliphatic carbocycles. The topological polar surface area (TPSA) is 57.4 Å². The Kier molecular flexibility index (Phi) is 4.29. The molecule has 1 aromatic heterocycles. The first-order valence-corrected chi connectivity index (χ1v) is 7.76. The normalized spacial score (nSPS) is 16.8. The molecule has 22 heavy (non-hydrogen) atoms. The van der Waals surface area contributed by atoms with Gasteiger partial charge in [0.25, 0.3) is 0 Å². The van der Waals surface area contributed by atoms with Gasteiger partial charge in [0.2, 0.25) is 0 Å². The number of fused-ring (bicyclic) bond motifs is 1. The average molecular weight is 298 g/mol. The summed E-state index contributed by atoms with van der Waals surface area (Å²) in [6, 6.07) is 8.26. The Bertz CT molecular complexity index is 636. The highest BCUT2D eigenvalue weighted by molar-refractivity contribution is 5.51. The second-order valence-electron chi connectivity index (χ2n) is 5.57. The first-order valence-electron chi connectivity index (χ1n) is 7.76. The van der Waals surface area contributed by atoms with Crippen LogP contribution in [0.15, 0.2) is 30.5 Å². The summed E-state index contributed by atoms with van der Waals surface area (Å²) in [6.07, 6.45) is 4.81. The summed E-state index contributed by atoms with van der Waals surface area (Å²) in [4.78, 5) is 4.47. The monoisotopic (exact) mass is 298 g/mol. The van der Waals surface area contributed by atoms with E-state index in [0.29, 0.717) is 6.54 Å². The summed E-state index contributed by atoms with van der Waals surface area (Å²) in [5.74, 6) is 1.61. The first kappa shape index (κ1) is 14.9. The Morgan fingerprint density at radius 2 is 2.23 bits per heavy atom. The number of aromatic nitrogens is 1. The highest BCUT2D eigenvalue weighted by Crippen LogP contribution is 2.41. The molecule has 1 aromatic carbocycles. The van der Waals surface area contributed by atoms with Crippen LogP contribution in [-0.2, 0) is 19.4 Å². The molecule has 0 saturated heterocycles. The minimum atomic E-state index is 0.0310. The molecule has 2 heterocycles. The molecule has 3 rings (SSSR count). The van der Waals surface area contributed by atoms with Crippen LogP contribution in [0.4, 0.5) is 0 Å². The quantitative estimate of drug-likeness (QED) is 0.942. The van der Waals surface area contributed by atoms with Gasteiger partial charge in [-0.15, -0.1) is 0 Å². The Hall–Kier alpha value is -2.07. The zero-order chi connectivity index (χ0) is 15.5. The van der Waals surface area contributed by atoms with Crippen molar-refractivity contribution in [2.45, 2.75) is 38.8 Å². The van der Waals surface area contributed by atoms with Gasteiger partial charge in [-0.1, -0.05) is 19.1 Å². The summed E-state index contributed by atoms with van der Waals surface area (Å²) in [6.45, 7) is 2.62. The molecule has 0 bridgehead atoms. The number of pyridine rings is 1. The molecular formula is C18H22N2O2. The van der Waals surface area contributed by atoms with Crippen LogP contribution in [0.3, 0.4) is 0 Å². The number of hydrogen-bond donors (Lipinski definition) is 1. The molecule has 0 fully saturated rings. The second kappa shape index (κ2) is 6.36. The van der Waals surface area contributed by atoms with Crippen molar-refractivity contribution in [2.24, 2.45) is 5.73 Å². The molecule has 4 heteroatoms. The van der Waals surface area contributed by atoms with Gasteiger partial charge in [-0.3, -0.25) is 4.98 Å². The number of rotatable bonds is 4. The molecule has 0 spiro atoms. The maximum atomic E-state index is 6.21. The highest BCUT2D eigenvalue weighted by atomic mass is 16.5. The van der Waals surface area contributed by atoms with Crippen LogP contribution in [0.2, 0.25) is 0 Å². The molecule has 1 aliphatic heterocycles. The molecule has 0 radical (unpaired) electrons. The van der Waals surface area contributed by atoms with Crippen molar-refractivity contribution in [3.05, 3.63) is 52.8 Å². The molecule has 1 unspecified atom stereocenters. The lowest BCUT2D eigenvalue weighted by molar-refractivity contribution is 0.168. The van der Waals surface area contributed by atoms with Gasteiger partial charge in [0.1, 0.15) is 6.10 Å².